The molecule has 0 heterocycles. The van der Waals surface area contributed by atoms with E-state index < -0.39 is 14.4 Å². The summed E-state index contributed by atoms with van der Waals surface area (Å²) in [6, 6.07) is 0. The van der Waals surface area contributed by atoms with E-state index in [1.165, 1.54) is 0 Å². The Balaban J connectivity index is 2.24. The van der Waals surface area contributed by atoms with Crippen molar-refractivity contribution in [3.05, 3.63) is 22.2 Å². The van der Waals surface area contributed by atoms with Crippen LogP contribution in [0.2, 0.25) is 18.1 Å². The van der Waals surface area contributed by atoms with Crippen molar-refractivity contribution >= 4 is 30.0 Å². The van der Waals surface area contributed by atoms with Crippen molar-refractivity contribution in [2.45, 2.75) is 77.1 Å². The van der Waals surface area contributed by atoms with Gasteiger partial charge in [-0.05, 0) is 53.5 Å². The van der Waals surface area contributed by atoms with Crippen LogP contribution in [0.1, 0.15) is 52.9 Å². The molecule has 0 saturated carbocycles. The second kappa shape index (κ2) is 8.74. The highest BCUT2D eigenvalue weighted by Gasteiger charge is 2.36. The van der Waals surface area contributed by atoms with Gasteiger partial charge in [0, 0.05) is 19.4 Å². The van der Waals surface area contributed by atoms with E-state index in [9.17, 15) is 9.90 Å². The molecule has 5 heteroatoms. The minimum absolute atomic E-state index is 0.0608. The summed E-state index contributed by atoms with van der Waals surface area (Å²) in [6.45, 7) is 12.2. The van der Waals surface area contributed by atoms with Gasteiger partial charge in [-0.2, -0.15) is 0 Å². The number of hydrogen-bond acceptors (Lipinski definition) is 3. The predicted octanol–water partition coefficient (Wildman–Crippen LogP) is 5.11. The van der Waals surface area contributed by atoms with E-state index in [-0.39, 0.29) is 17.2 Å². The number of rotatable bonds is 8. The average molecular weight is 403 g/mol. The molecule has 0 radical (unpaired) electrons. The molecule has 0 bridgehead atoms. The fourth-order valence-electron chi connectivity index (χ4n) is 2.17. The van der Waals surface area contributed by atoms with Crippen LogP contribution in [0.3, 0.4) is 0 Å². The smallest absolute Gasteiger partial charge is 0.191 e. The van der Waals surface area contributed by atoms with Gasteiger partial charge in [0.1, 0.15) is 0 Å². The lowest BCUT2D eigenvalue weighted by atomic mass is 10.1. The van der Waals surface area contributed by atoms with Gasteiger partial charge < -0.3 is 9.53 Å². The maximum atomic E-state index is 11.6. The number of aliphatic hydroxyl groups is 1. The lowest BCUT2D eigenvalue weighted by Gasteiger charge is -2.36. The van der Waals surface area contributed by atoms with Crippen LogP contribution in [0.25, 0.3) is 0 Å². The van der Waals surface area contributed by atoms with Crippen LogP contribution in [0.4, 0.5) is 0 Å². The van der Waals surface area contributed by atoms with Gasteiger partial charge in [0.05, 0.1) is 6.10 Å². The number of ketones is 1. The van der Waals surface area contributed by atoms with E-state index in [0.29, 0.717) is 6.42 Å². The van der Waals surface area contributed by atoms with Gasteiger partial charge in [-0.25, -0.2) is 0 Å². The molecule has 1 aliphatic rings. The molecular formula is C18H31BrO3Si. The Labute approximate surface area is 150 Å². The zero-order valence-corrected chi connectivity index (χ0v) is 17.7. The first-order valence-corrected chi connectivity index (χ1v) is 12.1. The Kier molecular flexibility index (Phi) is 7.91. The predicted molar refractivity (Wildman–Crippen MR) is 102 cm³/mol. The molecule has 132 valence electrons. The third-order valence-electron chi connectivity index (χ3n) is 4.74. The lowest BCUT2D eigenvalue weighted by Crippen LogP contribution is -2.40. The normalized spacial score (nSPS) is 20.1. The Bertz CT molecular complexity index is 475. The van der Waals surface area contributed by atoms with Crippen molar-refractivity contribution in [2.75, 3.05) is 6.61 Å². The van der Waals surface area contributed by atoms with Crippen LogP contribution < -0.4 is 0 Å². The third-order valence-corrected chi connectivity index (χ3v) is 9.88. The monoisotopic (exact) mass is 402 g/mol. The standard InChI is InChI=1S/C18H31BrO3Si/c1-18(2,3)23(4,5)22-10-8-6-7-9-15(19)11-14-12-16(20)13-17(14)21/h9,12,16,20H,6-8,10-11,13H2,1-5H3/b15-9-. The average Bonchev–Trinajstić information content (AvgIpc) is 2.70. The van der Waals surface area contributed by atoms with Crippen LogP contribution in [-0.4, -0.2) is 31.9 Å². The van der Waals surface area contributed by atoms with Crippen molar-refractivity contribution in [2.24, 2.45) is 0 Å². The highest BCUT2D eigenvalue weighted by atomic mass is 79.9. The van der Waals surface area contributed by atoms with E-state index in [1.54, 1.807) is 6.08 Å². The van der Waals surface area contributed by atoms with Crippen LogP contribution in [0.15, 0.2) is 22.2 Å². The summed E-state index contributed by atoms with van der Waals surface area (Å²) >= 11 is 3.52. The first kappa shape index (κ1) is 20.8. The molecule has 0 aromatic heterocycles. The largest absolute Gasteiger partial charge is 0.417 e. The zero-order valence-electron chi connectivity index (χ0n) is 15.1. The van der Waals surface area contributed by atoms with Gasteiger partial charge in [-0.1, -0.05) is 42.8 Å². The molecule has 0 amide bonds. The molecule has 3 nitrogen and oxygen atoms in total. The summed E-state index contributed by atoms with van der Waals surface area (Å²) < 4.78 is 7.18. The molecule has 1 rings (SSSR count). The van der Waals surface area contributed by atoms with Crippen molar-refractivity contribution in [1.29, 1.82) is 0 Å². The highest BCUT2D eigenvalue weighted by Crippen LogP contribution is 2.36. The molecule has 1 N–H and O–H groups in total. The number of carbonyl (C=O) groups excluding carboxylic acids is 1. The Hall–Kier alpha value is -0.233. The summed E-state index contributed by atoms with van der Waals surface area (Å²) in [6.07, 6.45) is 7.16. The second-order valence-electron chi connectivity index (χ2n) is 7.82. The number of halogens is 1. The van der Waals surface area contributed by atoms with Gasteiger partial charge >= 0.3 is 0 Å². The van der Waals surface area contributed by atoms with Gasteiger partial charge in [0.25, 0.3) is 0 Å². The molecule has 1 unspecified atom stereocenters. The van der Waals surface area contributed by atoms with Crippen LogP contribution in [-0.2, 0) is 9.22 Å². The first-order valence-electron chi connectivity index (χ1n) is 8.43. The molecule has 0 fully saturated rings. The minimum atomic E-state index is -1.62. The molecule has 0 spiro atoms. The maximum Gasteiger partial charge on any atom is 0.191 e. The number of hydrogen-bond donors (Lipinski definition) is 1. The summed E-state index contributed by atoms with van der Waals surface area (Å²) in [5.74, 6) is 0.0608. The molecule has 0 saturated heterocycles. The Morgan fingerprint density at radius 3 is 2.61 bits per heavy atom. The molecule has 0 aromatic carbocycles. The Morgan fingerprint density at radius 1 is 1.43 bits per heavy atom. The van der Waals surface area contributed by atoms with E-state index in [1.807, 2.05) is 0 Å². The van der Waals surface area contributed by atoms with Gasteiger partial charge in [0.2, 0.25) is 0 Å². The van der Waals surface area contributed by atoms with Crippen LogP contribution in [0.5, 0.6) is 0 Å². The summed E-state index contributed by atoms with van der Waals surface area (Å²) in [4.78, 5) is 11.6. The fourth-order valence-corrected chi connectivity index (χ4v) is 3.78. The zero-order chi connectivity index (χ0) is 17.7. The topological polar surface area (TPSA) is 46.5 Å². The molecule has 0 aromatic rings. The van der Waals surface area contributed by atoms with E-state index in [0.717, 1.165) is 35.9 Å². The number of unbranched alkanes of at least 4 members (excludes halogenated alkanes) is 2. The number of allylic oxidation sites excluding steroid dienone is 3. The Morgan fingerprint density at radius 2 is 2.09 bits per heavy atom. The van der Waals surface area contributed by atoms with Crippen molar-refractivity contribution in [3.8, 4) is 0 Å². The number of aliphatic hydroxyl groups excluding tert-OH is 1. The van der Waals surface area contributed by atoms with Crippen LogP contribution >= 0.6 is 15.9 Å². The fraction of sp³-hybridized carbons (Fsp3) is 0.722. The van der Waals surface area contributed by atoms with Crippen molar-refractivity contribution in [3.63, 3.8) is 0 Å². The van der Waals surface area contributed by atoms with E-state index in [4.69, 9.17) is 4.43 Å². The quantitative estimate of drug-likeness (QED) is 0.453. The molecule has 1 aliphatic carbocycles. The second-order valence-corrected chi connectivity index (χ2v) is 13.6. The van der Waals surface area contributed by atoms with Crippen molar-refractivity contribution < 1.29 is 14.3 Å². The number of carbonyl (C=O) groups is 1. The maximum absolute atomic E-state index is 11.6. The molecule has 0 aliphatic heterocycles. The molecular weight excluding hydrogens is 372 g/mol. The first-order chi connectivity index (χ1) is 10.5. The van der Waals surface area contributed by atoms with Gasteiger partial charge in [-0.3, -0.25) is 4.79 Å². The van der Waals surface area contributed by atoms with Crippen LogP contribution in [0, 0.1) is 0 Å². The van der Waals surface area contributed by atoms with Crippen molar-refractivity contribution in [1.82, 2.24) is 0 Å². The van der Waals surface area contributed by atoms with E-state index in [2.05, 4.69) is 55.9 Å². The highest BCUT2D eigenvalue weighted by molar-refractivity contribution is 9.11. The lowest BCUT2D eigenvalue weighted by molar-refractivity contribution is -0.115. The third kappa shape index (κ3) is 7.04. The summed E-state index contributed by atoms with van der Waals surface area (Å²) in [5.41, 5.74) is 0.724. The summed E-state index contributed by atoms with van der Waals surface area (Å²) in [5, 5.41) is 9.70. The number of Topliss-reactive ketones (excluding diaryl/α,β-unsaturated/α-hetero) is 1. The summed E-state index contributed by atoms with van der Waals surface area (Å²) in [7, 11) is -1.62. The molecule has 1 atom stereocenters. The molecule has 23 heavy (non-hydrogen) atoms. The van der Waals surface area contributed by atoms with E-state index >= 15 is 0 Å². The SMILES string of the molecule is CC(C)(C)[Si](C)(C)OCCCC/C=C(\Br)CC1=CC(O)CC1=O. The van der Waals surface area contributed by atoms with Gasteiger partial charge in [-0.15, -0.1) is 0 Å². The minimum Gasteiger partial charge on any atom is -0.417 e. The van der Waals surface area contributed by atoms with Gasteiger partial charge in [0.15, 0.2) is 14.1 Å².